The van der Waals surface area contributed by atoms with Crippen LogP contribution >= 0.6 is 0 Å². The lowest BCUT2D eigenvalue weighted by Crippen LogP contribution is -2.48. The summed E-state index contributed by atoms with van der Waals surface area (Å²) in [6.45, 7) is -0.999. The number of ether oxygens (including phenoxy) is 2. The quantitative estimate of drug-likeness (QED) is 0.606. The molecule has 0 bridgehead atoms. The second-order valence-electron chi connectivity index (χ2n) is 6.45. The summed E-state index contributed by atoms with van der Waals surface area (Å²) in [5.41, 5.74) is -0.372. The van der Waals surface area contributed by atoms with Gasteiger partial charge in [0.05, 0.1) is 12.8 Å². The lowest BCUT2D eigenvalue weighted by molar-refractivity contribution is -0.132. The van der Waals surface area contributed by atoms with Crippen molar-refractivity contribution in [1.29, 1.82) is 0 Å². The first kappa shape index (κ1) is 19.1. The number of amides is 3. The third-order valence-electron chi connectivity index (χ3n) is 4.65. The number of nitrogens with zero attached hydrogens (tertiary/aromatic N) is 2. The predicted octanol–water partition coefficient (Wildman–Crippen LogP) is 3.28. The number of urea groups is 1. The van der Waals surface area contributed by atoms with Gasteiger partial charge in [0.25, 0.3) is 5.91 Å². The van der Waals surface area contributed by atoms with Crippen LogP contribution in [0.5, 0.6) is 11.5 Å². The molecule has 3 rings (SSSR count). The average Bonchev–Trinajstić information content (AvgIpc) is 2.85. The van der Waals surface area contributed by atoms with Crippen molar-refractivity contribution < 1.29 is 27.8 Å². The molecule has 0 unspecified atom stereocenters. The lowest BCUT2D eigenvalue weighted by atomic mass is 9.82. The van der Waals surface area contributed by atoms with E-state index in [1.165, 1.54) is 24.4 Å². The summed E-state index contributed by atoms with van der Waals surface area (Å²) in [5.74, 6) is -0.325. The molecule has 0 aromatic heterocycles. The second kappa shape index (κ2) is 7.89. The van der Waals surface area contributed by atoms with Crippen LogP contribution in [-0.4, -0.2) is 41.9 Å². The summed E-state index contributed by atoms with van der Waals surface area (Å²) in [5, 5.41) is 7.59. The zero-order valence-corrected chi connectivity index (χ0v) is 14.9. The molecule has 1 aromatic carbocycles. The van der Waals surface area contributed by atoms with E-state index in [9.17, 15) is 18.4 Å². The number of rotatable bonds is 6. The Bertz CT molecular complexity index is 748. The highest BCUT2D eigenvalue weighted by Crippen LogP contribution is 2.34. The largest absolute Gasteiger partial charge is 0.490 e. The van der Waals surface area contributed by atoms with Crippen LogP contribution in [0.2, 0.25) is 0 Å². The fraction of sp³-hybridized carbons (Fsp3) is 0.500. The molecular weight excluding hydrogens is 360 g/mol. The summed E-state index contributed by atoms with van der Waals surface area (Å²) in [4.78, 5) is 24.8. The first-order chi connectivity index (χ1) is 12.9. The summed E-state index contributed by atoms with van der Waals surface area (Å²) < 4.78 is 34.6. The van der Waals surface area contributed by atoms with Crippen molar-refractivity contribution in [3.05, 3.63) is 23.8 Å². The number of hydrogen-bond donors (Lipinski definition) is 1. The molecule has 0 radical (unpaired) electrons. The molecule has 1 saturated carbocycles. The van der Waals surface area contributed by atoms with Gasteiger partial charge >= 0.3 is 12.6 Å². The van der Waals surface area contributed by atoms with Crippen molar-refractivity contribution in [3.63, 3.8) is 0 Å². The van der Waals surface area contributed by atoms with Crippen LogP contribution in [-0.2, 0) is 4.79 Å². The summed E-state index contributed by atoms with van der Waals surface area (Å²) in [6, 6.07) is 3.71. The van der Waals surface area contributed by atoms with E-state index in [-0.39, 0.29) is 24.0 Å². The molecule has 1 aliphatic heterocycles. The van der Waals surface area contributed by atoms with E-state index in [0.29, 0.717) is 18.4 Å². The summed E-state index contributed by atoms with van der Waals surface area (Å²) in [7, 11) is 0. The molecule has 1 N–H and O–H groups in total. The normalized spacial score (nSPS) is 19.2. The van der Waals surface area contributed by atoms with E-state index in [2.05, 4.69) is 15.2 Å². The molecule has 27 heavy (non-hydrogen) atoms. The van der Waals surface area contributed by atoms with Crippen molar-refractivity contribution >= 4 is 18.2 Å². The number of alkyl halides is 2. The minimum absolute atomic E-state index is 0.0971. The number of benzene rings is 1. The minimum Gasteiger partial charge on any atom is -0.490 e. The third-order valence-corrected chi connectivity index (χ3v) is 4.65. The number of hydrogen-bond acceptors (Lipinski definition) is 5. The lowest BCUT2D eigenvalue weighted by Gasteiger charge is -2.29. The first-order valence-electron chi connectivity index (χ1n) is 8.87. The number of nitrogens with one attached hydrogen (secondary N) is 1. The number of halogens is 2. The van der Waals surface area contributed by atoms with Gasteiger partial charge in [0.1, 0.15) is 5.54 Å². The SMILES string of the molecule is CCOc1cc(/C=N\N2C(=O)NC3(CCCCC3)C2=O)ccc1OC(F)F. The van der Waals surface area contributed by atoms with Gasteiger partial charge in [-0.25, -0.2) is 4.79 Å². The van der Waals surface area contributed by atoms with Gasteiger partial charge in [-0.1, -0.05) is 19.3 Å². The molecule has 1 heterocycles. The zero-order chi connectivity index (χ0) is 19.4. The van der Waals surface area contributed by atoms with Crippen LogP contribution in [0.15, 0.2) is 23.3 Å². The maximum Gasteiger partial charge on any atom is 0.387 e. The van der Waals surface area contributed by atoms with Gasteiger partial charge < -0.3 is 14.8 Å². The first-order valence-corrected chi connectivity index (χ1v) is 8.87. The van der Waals surface area contributed by atoms with Gasteiger partial charge in [0.15, 0.2) is 11.5 Å². The van der Waals surface area contributed by atoms with Gasteiger partial charge in [0.2, 0.25) is 0 Å². The van der Waals surface area contributed by atoms with E-state index in [0.717, 1.165) is 24.3 Å². The molecule has 1 spiro atoms. The van der Waals surface area contributed by atoms with Crippen LogP contribution in [0.1, 0.15) is 44.6 Å². The topological polar surface area (TPSA) is 80.2 Å². The molecular formula is C18H21F2N3O4. The number of carbonyl (C=O) groups is 2. The van der Waals surface area contributed by atoms with Crippen molar-refractivity contribution in [2.24, 2.45) is 5.10 Å². The maximum absolute atomic E-state index is 12.7. The Balaban J connectivity index is 1.78. The van der Waals surface area contributed by atoms with E-state index in [4.69, 9.17) is 4.74 Å². The summed E-state index contributed by atoms with van der Waals surface area (Å²) >= 11 is 0. The van der Waals surface area contributed by atoms with Gasteiger partial charge in [0, 0.05) is 0 Å². The van der Waals surface area contributed by atoms with E-state index in [1.54, 1.807) is 6.92 Å². The molecule has 2 aliphatic rings. The molecule has 1 aliphatic carbocycles. The summed E-state index contributed by atoms with van der Waals surface area (Å²) in [6.07, 6.45) is 5.34. The molecule has 3 amide bonds. The Morgan fingerprint density at radius 3 is 2.67 bits per heavy atom. The highest BCUT2D eigenvalue weighted by molar-refractivity contribution is 6.07. The highest BCUT2D eigenvalue weighted by Gasteiger charge is 2.51. The van der Waals surface area contributed by atoms with Crippen LogP contribution < -0.4 is 14.8 Å². The second-order valence-corrected chi connectivity index (χ2v) is 6.45. The molecule has 9 heteroatoms. The van der Waals surface area contributed by atoms with Crippen LogP contribution in [0.4, 0.5) is 13.6 Å². The van der Waals surface area contributed by atoms with Gasteiger partial charge in [-0.3, -0.25) is 4.79 Å². The van der Waals surface area contributed by atoms with E-state index >= 15 is 0 Å². The fourth-order valence-electron chi connectivity index (χ4n) is 3.40. The van der Waals surface area contributed by atoms with Gasteiger partial charge in [-0.05, 0) is 43.5 Å². The average molecular weight is 381 g/mol. The zero-order valence-electron chi connectivity index (χ0n) is 14.9. The number of imide groups is 1. The Morgan fingerprint density at radius 2 is 2.00 bits per heavy atom. The standard InChI is InChI=1S/C18H21F2N3O4/c1-2-26-14-10-12(6-7-13(14)27-16(19)20)11-21-23-15(24)18(22-17(23)25)8-4-3-5-9-18/h6-7,10-11,16H,2-5,8-9H2,1H3,(H,22,25)/b21-11-. The van der Waals surface area contributed by atoms with Gasteiger partial charge in [-0.15, -0.1) is 5.01 Å². The molecule has 7 nitrogen and oxygen atoms in total. The Labute approximate surface area is 155 Å². The fourth-order valence-corrected chi connectivity index (χ4v) is 3.40. The number of hydrazone groups is 1. The van der Waals surface area contributed by atoms with Crippen molar-refractivity contribution in [2.45, 2.75) is 51.2 Å². The Morgan fingerprint density at radius 1 is 1.26 bits per heavy atom. The molecule has 1 saturated heterocycles. The van der Waals surface area contributed by atoms with Crippen LogP contribution in [0, 0.1) is 0 Å². The van der Waals surface area contributed by atoms with Crippen LogP contribution in [0.25, 0.3) is 0 Å². The predicted molar refractivity (Wildman–Crippen MR) is 93.0 cm³/mol. The monoisotopic (exact) mass is 381 g/mol. The van der Waals surface area contributed by atoms with Crippen molar-refractivity contribution in [3.8, 4) is 11.5 Å². The molecule has 1 aromatic rings. The highest BCUT2D eigenvalue weighted by atomic mass is 19.3. The number of carbonyl (C=O) groups excluding carboxylic acids is 2. The van der Waals surface area contributed by atoms with E-state index < -0.39 is 18.2 Å². The van der Waals surface area contributed by atoms with Crippen LogP contribution in [0.3, 0.4) is 0 Å². The molecule has 0 atom stereocenters. The van der Waals surface area contributed by atoms with Crippen molar-refractivity contribution in [2.75, 3.05) is 6.61 Å². The third kappa shape index (κ3) is 4.01. The minimum atomic E-state index is -2.97. The Hall–Kier alpha value is -2.71. The maximum atomic E-state index is 12.7. The Kier molecular flexibility index (Phi) is 5.57. The van der Waals surface area contributed by atoms with E-state index in [1.807, 2.05) is 0 Å². The van der Waals surface area contributed by atoms with Crippen molar-refractivity contribution in [1.82, 2.24) is 10.3 Å². The smallest absolute Gasteiger partial charge is 0.387 e. The molecule has 2 fully saturated rings. The molecule has 146 valence electrons. The van der Waals surface area contributed by atoms with Gasteiger partial charge in [-0.2, -0.15) is 13.9 Å².